The van der Waals surface area contributed by atoms with Gasteiger partial charge in [-0.05, 0) is 48.0 Å². The molecule has 1 amide bonds. The third-order valence-corrected chi connectivity index (χ3v) is 6.27. The number of rotatable bonds is 6. The van der Waals surface area contributed by atoms with Crippen molar-refractivity contribution >= 4 is 49.8 Å². The molecular weight excluding hydrogens is 438 g/mol. The maximum Gasteiger partial charge on any atom is 0.261 e. The predicted molar refractivity (Wildman–Crippen MR) is 121 cm³/mol. The average Bonchev–Trinajstić information content (AvgIpc) is 3.12. The Labute approximate surface area is 183 Å². The molecule has 0 aliphatic heterocycles. The summed E-state index contributed by atoms with van der Waals surface area (Å²) >= 11 is 5.90. The summed E-state index contributed by atoms with van der Waals surface area (Å²) in [5, 5.41) is 14.0. The molecule has 3 aromatic carbocycles. The second-order valence-electron chi connectivity index (χ2n) is 6.88. The number of benzene rings is 3. The Morgan fingerprint density at radius 1 is 1.03 bits per heavy atom. The van der Waals surface area contributed by atoms with Crippen LogP contribution in [-0.2, 0) is 21.2 Å². The number of para-hydroxylation sites is 1. The van der Waals surface area contributed by atoms with E-state index >= 15 is 0 Å². The van der Waals surface area contributed by atoms with E-state index in [0.717, 1.165) is 16.5 Å². The van der Waals surface area contributed by atoms with Crippen molar-refractivity contribution in [2.75, 3.05) is 10.0 Å². The van der Waals surface area contributed by atoms with Gasteiger partial charge in [-0.1, -0.05) is 35.9 Å². The van der Waals surface area contributed by atoms with Crippen LogP contribution in [0.2, 0.25) is 5.02 Å². The molecule has 0 aliphatic carbocycles. The third-order valence-electron chi connectivity index (χ3n) is 4.66. The van der Waals surface area contributed by atoms with Crippen LogP contribution in [0, 0.1) is 0 Å². The molecule has 158 valence electrons. The number of aromatic hydroxyl groups is 1. The number of H-pyrrole nitrogens is 1. The average molecular weight is 456 g/mol. The predicted octanol–water partition coefficient (Wildman–Crippen LogP) is 4.51. The standard InChI is InChI=1S/C22H18ClN3O4S/c23-15-4-3-5-16(11-15)26-31(29,30)17-8-9-21(27)20(12-17)25-22(28)10-14-13-24-19-7-2-1-6-18(14)19/h1-9,11-13,24,26-27H,10H2,(H,25,28). The maximum atomic E-state index is 12.7. The van der Waals surface area contributed by atoms with E-state index in [1.54, 1.807) is 24.4 Å². The zero-order chi connectivity index (χ0) is 22.0. The second kappa shape index (κ2) is 8.33. The quantitative estimate of drug-likeness (QED) is 0.320. The van der Waals surface area contributed by atoms with Crippen LogP contribution >= 0.6 is 11.6 Å². The lowest BCUT2D eigenvalue weighted by Gasteiger charge is -2.12. The molecule has 4 aromatic rings. The highest BCUT2D eigenvalue weighted by Crippen LogP contribution is 2.28. The van der Waals surface area contributed by atoms with Gasteiger partial charge in [-0.15, -0.1) is 0 Å². The summed E-state index contributed by atoms with van der Waals surface area (Å²) < 4.78 is 27.8. The largest absolute Gasteiger partial charge is 0.506 e. The van der Waals surface area contributed by atoms with Crippen molar-refractivity contribution in [2.24, 2.45) is 0 Å². The van der Waals surface area contributed by atoms with Crippen molar-refractivity contribution in [3.05, 3.63) is 83.5 Å². The topological polar surface area (TPSA) is 111 Å². The fourth-order valence-corrected chi connectivity index (χ4v) is 4.46. The Balaban J connectivity index is 1.54. The number of nitrogens with one attached hydrogen (secondary N) is 3. The molecular formula is C22H18ClN3O4S. The molecule has 31 heavy (non-hydrogen) atoms. The van der Waals surface area contributed by atoms with E-state index in [9.17, 15) is 18.3 Å². The molecule has 0 unspecified atom stereocenters. The van der Waals surface area contributed by atoms with E-state index in [-0.39, 0.29) is 22.8 Å². The van der Waals surface area contributed by atoms with Gasteiger partial charge in [0.15, 0.2) is 0 Å². The number of carbonyl (C=O) groups is 1. The van der Waals surface area contributed by atoms with Crippen molar-refractivity contribution in [1.29, 1.82) is 0 Å². The monoisotopic (exact) mass is 455 g/mol. The molecule has 7 nitrogen and oxygen atoms in total. The summed E-state index contributed by atoms with van der Waals surface area (Å²) in [6, 6.07) is 17.5. The fraction of sp³-hybridized carbons (Fsp3) is 0.0455. The molecule has 0 atom stereocenters. The number of sulfonamides is 1. The number of aromatic amines is 1. The Morgan fingerprint density at radius 2 is 1.84 bits per heavy atom. The molecule has 1 aromatic heterocycles. The molecule has 0 spiro atoms. The number of hydrogen-bond donors (Lipinski definition) is 4. The van der Waals surface area contributed by atoms with Gasteiger partial charge in [0, 0.05) is 22.1 Å². The first-order valence-corrected chi connectivity index (χ1v) is 11.1. The lowest BCUT2D eigenvalue weighted by atomic mass is 10.1. The molecule has 1 heterocycles. The lowest BCUT2D eigenvalue weighted by Crippen LogP contribution is -2.16. The summed E-state index contributed by atoms with van der Waals surface area (Å²) in [5.41, 5.74) is 2.00. The van der Waals surface area contributed by atoms with Crippen LogP contribution in [0.15, 0.2) is 77.8 Å². The van der Waals surface area contributed by atoms with E-state index in [4.69, 9.17) is 11.6 Å². The van der Waals surface area contributed by atoms with E-state index in [2.05, 4.69) is 15.0 Å². The molecule has 4 rings (SSSR count). The van der Waals surface area contributed by atoms with Crippen LogP contribution in [0.1, 0.15) is 5.56 Å². The number of phenolic OH excluding ortho intramolecular Hbond substituents is 1. The first-order chi connectivity index (χ1) is 14.8. The lowest BCUT2D eigenvalue weighted by molar-refractivity contribution is -0.115. The Hall–Kier alpha value is -3.49. The molecule has 0 fully saturated rings. The molecule has 0 bridgehead atoms. The Morgan fingerprint density at radius 3 is 2.65 bits per heavy atom. The maximum absolute atomic E-state index is 12.7. The van der Waals surface area contributed by atoms with Gasteiger partial charge in [-0.2, -0.15) is 0 Å². The fourth-order valence-electron chi connectivity index (χ4n) is 3.19. The number of aromatic nitrogens is 1. The summed E-state index contributed by atoms with van der Waals surface area (Å²) in [6.07, 6.45) is 1.81. The van der Waals surface area contributed by atoms with E-state index in [1.165, 1.54) is 24.3 Å². The Bertz CT molecular complexity index is 1380. The van der Waals surface area contributed by atoms with Gasteiger partial charge < -0.3 is 15.4 Å². The summed E-state index contributed by atoms with van der Waals surface area (Å²) in [7, 11) is -3.96. The van der Waals surface area contributed by atoms with Crippen molar-refractivity contribution in [2.45, 2.75) is 11.3 Å². The number of carbonyl (C=O) groups excluding carboxylic acids is 1. The normalized spacial score (nSPS) is 11.4. The number of anilines is 2. The van der Waals surface area contributed by atoms with Gasteiger partial charge in [0.1, 0.15) is 5.75 Å². The van der Waals surface area contributed by atoms with Gasteiger partial charge in [-0.3, -0.25) is 9.52 Å². The summed E-state index contributed by atoms with van der Waals surface area (Å²) in [6.45, 7) is 0. The van der Waals surface area contributed by atoms with Crippen LogP contribution in [0.4, 0.5) is 11.4 Å². The van der Waals surface area contributed by atoms with Gasteiger partial charge in [-0.25, -0.2) is 8.42 Å². The highest BCUT2D eigenvalue weighted by Gasteiger charge is 2.18. The SMILES string of the molecule is O=C(Cc1c[nH]c2ccccc12)Nc1cc(S(=O)(=O)Nc2cccc(Cl)c2)ccc1O. The van der Waals surface area contributed by atoms with Crippen molar-refractivity contribution in [3.8, 4) is 5.75 Å². The van der Waals surface area contributed by atoms with Crippen LogP contribution in [0.3, 0.4) is 0 Å². The highest BCUT2D eigenvalue weighted by atomic mass is 35.5. The van der Waals surface area contributed by atoms with Crippen molar-refractivity contribution in [3.63, 3.8) is 0 Å². The molecule has 0 saturated heterocycles. The number of halogens is 1. The number of hydrogen-bond acceptors (Lipinski definition) is 4. The van der Waals surface area contributed by atoms with Gasteiger partial charge in [0.25, 0.3) is 10.0 Å². The minimum Gasteiger partial charge on any atom is -0.506 e. The van der Waals surface area contributed by atoms with E-state index in [1.807, 2.05) is 24.3 Å². The van der Waals surface area contributed by atoms with Crippen molar-refractivity contribution in [1.82, 2.24) is 4.98 Å². The van der Waals surface area contributed by atoms with Crippen LogP contribution in [0.5, 0.6) is 5.75 Å². The second-order valence-corrected chi connectivity index (χ2v) is 9.00. The van der Waals surface area contributed by atoms with E-state index < -0.39 is 15.9 Å². The molecule has 0 saturated carbocycles. The first kappa shape index (κ1) is 20.8. The van der Waals surface area contributed by atoms with Gasteiger partial charge in [0.05, 0.1) is 22.7 Å². The molecule has 0 aliphatic rings. The highest BCUT2D eigenvalue weighted by molar-refractivity contribution is 7.92. The zero-order valence-electron chi connectivity index (χ0n) is 16.1. The van der Waals surface area contributed by atoms with Crippen LogP contribution < -0.4 is 10.0 Å². The van der Waals surface area contributed by atoms with Crippen molar-refractivity contribution < 1.29 is 18.3 Å². The molecule has 4 N–H and O–H groups in total. The molecule has 9 heteroatoms. The van der Waals surface area contributed by atoms with E-state index in [0.29, 0.717) is 10.7 Å². The van der Waals surface area contributed by atoms with Crippen LogP contribution in [0.25, 0.3) is 10.9 Å². The minimum absolute atomic E-state index is 0.00110. The number of phenols is 1. The Kier molecular flexibility index (Phi) is 5.58. The smallest absolute Gasteiger partial charge is 0.261 e. The summed E-state index contributed by atoms with van der Waals surface area (Å²) in [4.78, 5) is 15.5. The zero-order valence-corrected chi connectivity index (χ0v) is 17.7. The minimum atomic E-state index is -3.96. The van der Waals surface area contributed by atoms with Crippen LogP contribution in [-0.4, -0.2) is 24.4 Å². The number of fused-ring (bicyclic) bond motifs is 1. The molecule has 0 radical (unpaired) electrons. The third kappa shape index (κ3) is 4.65. The van der Waals surface area contributed by atoms with Gasteiger partial charge in [0.2, 0.25) is 5.91 Å². The van der Waals surface area contributed by atoms with Gasteiger partial charge >= 0.3 is 0 Å². The summed E-state index contributed by atoms with van der Waals surface area (Å²) in [5.74, 6) is -0.633. The first-order valence-electron chi connectivity index (χ1n) is 9.28. The number of amides is 1.